The van der Waals surface area contributed by atoms with Gasteiger partial charge in [0.05, 0.1) is 5.56 Å². The van der Waals surface area contributed by atoms with Gasteiger partial charge in [-0.15, -0.1) is 0 Å². The van der Waals surface area contributed by atoms with Gasteiger partial charge in [0.1, 0.15) is 18.2 Å². The Balaban J connectivity index is 1.65. The summed E-state index contributed by atoms with van der Waals surface area (Å²) < 4.78 is 11.8. The summed E-state index contributed by atoms with van der Waals surface area (Å²) >= 11 is 0. The molecule has 1 aromatic carbocycles. The lowest BCUT2D eigenvalue weighted by Crippen LogP contribution is -2.32. The number of nitrogens with zero attached hydrogens (tertiary/aromatic N) is 2. The molecular formula is C20H20N2O3. The average molecular weight is 336 g/mol. The fourth-order valence-corrected chi connectivity index (χ4v) is 3.36. The molecule has 0 fully saturated rings. The Morgan fingerprint density at radius 2 is 2.00 bits per heavy atom. The molecule has 0 aliphatic carbocycles. The van der Waals surface area contributed by atoms with Gasteiger partial charge in [0.15, 0.2) is 5.76 Å². The number of fused-ring (bicyclic) bond motifs is 2. The third-order valence-corrected chi connectivity index (χ3v) is 4.59. The molecule has 3 heterocycles. The van der Waals surface area contributed by atoms with Gasteiger partial charge in [-0.05, 0) is 50.1 Å². The van der Waals surface area contributed by atoms with Gasteiger partial charge < -0.3 is 9.47 Å². The molecule has 0 radical (unpaired) electrons. The van der Waals surface area contributed by atoms with Crippen LogP contribution >= 0.6 is 0 Å². The lowest BCUT2D eigenvalue weighted by Gasteiger charge is -2.30. The summed E-state index contributed by atoms with van der Waals surface area (Å²) in [6.45, 7) is 7.77. The van der Waals surface area contributed by atoms with Gasteiger partial charge in [-0.1, -0.05) is 0 Å². The van der Waals surface area contributed by atoms with Crippen LogP contribution in [0.25, 0.3) is 0 Å². The van der Waals surface area contributed by atoms with Crippen molar-refractivity contribution in [2.24, 2.45) is 0 Å². The lowest BCUT2D eigenvalue weighted by molar-refractivity contribution is 0.0876. The Labute approximate surface area is 146 Å². The standard InChI is InChI=1S/C20H20N2O3/c1-12(2)18-17(23)16-8-15-10-22(9-14-4-6-21-7-5-14)11-24-19(15)13(3)20(16)25-18/h4-8H,9-11H2,1-3H3. The number of carbonyl (C=O) groups is 1. The smallest absolute Gasteiger partial charge is 0.231 e. The van der Waals surface area contributed by atoms with Crippen molar-refractivity contribution in [1.82, 2.24) is 9.88 Å². The Kier molecular flexibility index (Phi) is 3.81. The highest BCUT2D eigenvalue weighted by Crippen LogP contribution is 2.43. The van der Waals surface area contributed by atoms with E-state index < -0.39 is 0 Å². The van der Waals surface area contributed by atoms with E-state index in [1.165, 1.54) is 5.56 Å². The Hall–Kier alpha value is -2.66. The normalized spacial score (nSPS) is 16.1. The van der Waals surface area contributed by atoms with Gasteiger partial charge in [-0.3, -0.25) is 14.7 Å². The first-order valence-electron chi connectivity index (χ1n) is 8.35. The summed E-state index contributed by atoms with van der Waals surface area (Å²) in [5, 5.41) is 0. The number of aromatic nitrogens is 1. The number of pyridine rings is 1. The number of rotatable bonds is 2. The fraction of sp³-hybridized carbons (Fsp3) is 0.300. The molecule has 0 spiro atoms. The predicted molar refractivity (Wildman–Crippen MR) is 93.5 cm³/mol. The number of hydrogen-bond acceptors (Lipinski definition) is 5. The molecule has 0 unspecified atom stereocenters. The molecule has 1 aromatic heterocycles. The summed E-state index contributed by atoms with van der Waals surface area (Å²) in [4.78, 5) is 18.9. The molecule has 0 atom stereocenters. The monoisotopic (exact) mass is 336 g/mol. The SMILES string of the molecule is CC(C)=C1Oc2c(cc3c(c2C)OCN(Cc2ccncc2)C3)C1=O. The van der Waals surface area contributed by atoms with E-state index in [-0.39, 0.29) is 5.78 Å². The summed E-state index contributed by atoms with van der Waals surface area (Å²) in [5.74, 6) is 1.89. The molecule has 25 heavy (non-hydrogen) atoms. The van der Waals surface area contributed by atoms with Crippen LogP contribution in [0.1, 0.15) is 40.9 Å². The first-order valence-corrected chi connectivity index (χ1v) is 8.35. The first kappa shape index (κ1) is 15.8. The van der Waals surface area contributed by atoms with Crippen LogP contribution in [0.3, 0.4) is 0 Å². The Morgan fingerprint density at radius 3 is 2.72 bits per heavy atom. The van der Waals surface area contributed by atoms with Crippen LogP contribution in [0.5, 0.6) is 11.5 Å². The van der Waals surface area contributed by atoms with E-state index in [2.05, 4.69) is 9.88 Å². The van der Waals surface area contributed by atoms with Crippen LogP contribution in [0.4, 0.5) is 0 Å². The number of carbonyl (C=O) groups excluding carboxylic acids is 1. The molecule has 0 amide bonds. The molecule has 0 N–H and O–H groups in total. The molecule has 2 aliphatic rings. The Morgan fingerprint density at radius 1 is 1.24 bits per heavy atom. The molecule has 5 heteroatoms. The maximum Gasteiger partial charge on any atom is 0.231 e. The van der Waals surface area contributed by atoms with E-state index in [0.717, 1.165) is 35.5 Å². The van der Waals surface area contributed by atoms with Crippen molar-refractivity contribution in [3.8, 4) is 11.5 Å². The van der Waals surface area contributed by atoms with Crippen molar-refractivity contribution in [2.45, 2.75) is 33.9 Å². The number of hydrogen-bond donors (Lipinski definition) is 0. The van der Waals surface area contributed by atoms with Gasteiger partial charge in [0.25, 0.3) is 0 Å². The van der Waals surface area contributed by atoms with E-state index >= 15 is 0 Å². The highest BCUT2D eigenvalue weighted by molar-refractivity contribution is 6.13. The summed E-state index contributed by atoms with van der Waals surface area (Å²) in [7, 11) is 0. The minimum absolute atomic E-state index is 0.0350. The summed E-state index contributed by atoms with van der Waals surface area (Å²) in [6, 6.07) is 5.93. The minimum atomic E-state index is -0.0350. The quantitative estimate of drug-likeness (QED) is 0.784. The molecule has 0 saturated heterocycles. The first-order chi connectivity index (χ1) is 12.0. The van der Waals surface area contributed by atoms with Crippen molar-refractivity contribution < 1.29 is 14.3 Å². The molecular weight excluding hydrogens is 316 g/mol. The van der Waals surface area contributed by atoms with E-state index in [9.17, 15) is 4.79 Å². The van der Waals surface area contributed by atoms with Crippen molar-refractivity contribution in [3.63, 3.8) is 0 Å². The Bertz CT molecular complexity index is 884. The van der Waals surface area contributed by atoms with Crippen LogP contribution < -0.4 is 9.47 Å². The zero-order chi connectivity index (χ0) is 17.6. The second-order valence-electron chi connectivity index (χ2n) is 6.74. The van der Waals surface area contributed by atoms with E-state index in [4.69, 9.17) is 9.47 Å². The topological polar surface area (TPSA) is 51.7 Å². The zero-order valence-corrected chi connectivity index (χ0v) is 14.6. The number of allylic oxidation sites excluding steroid dienone is 2. The molecule has 128 valence electrons. The second kappa shape index (κ2) is 6.01. The van der Waals surface area contributed by atoms with Crippen LogP contribution in [0.15, 0.2) is 41.9 Å². The van der Waals surface area contributed by atoms with Gasteiger partial charge in [-0.2, -0.15) is 0 Å². The molecule has 4 rings (SSSR count). The maximum absolute atomic E-state index is 12.6. The fourth-order valence-electron chi connectivity index (χ4n) is 3.36. The lowest BCUT2D eigenvalue weighted by atomic mass is 9.99. The third kappa shape index (κ3) is 2.70. The molecule has 2 aromatic rings. The van der Waals surface area contributed by atoms with Crippen molar-refractivity contribution >= 4 is 5.78 Å². The largest absolute Gasteiger partial charge is 0.477 e. The van der Waals surface area contributed by atoms with Gasteiger partial charge in [0, 0.05) is 36.6 Å². The van der Waals surface area contributed by atoms with Gasteiger partial charge in [0.2, 0.25) is 5.78 Å². The molecule has 5 nitrogen and oxygen atoms in total. The summed E-state index contributed by atoms with van der Waals surface area (Å²) in [5.41, 5.74) is 4.65. The highest BCUT2D eigenvalue weighted by Gasteiger charge is 2.34. The highest BCUT2D eigenvalue weighted by atomic mass is 16.5. The van der Waals surface area contributed by atoms with Crippen LogP contribution in [-0.4, -0.2) is 22.4 Å². The van der Waals surface area contributed by atoms with Crippen molar-refractivity contribution in [3.05, 3.63) is 64.2 Å². The predicted octanol–water partition coefficient (Wildman–Crippen LogP) is 3.61. The van der Waals surface area contributed by atoms with E-state index in [1.807, 2.05) is 39.0 Å². The second-order valence-corrected chi connectivity index (χ2v) is 6.74. The molecule has 0 saturated carbocycles. The minimum Gasteiger partial charge on any atom is -0.477 e. The van der Waals surface area contributed by atoms with Crippen molar-refractivity contribution in [1.29, 1.82) is 0 Å². The van der Waals surface area contributed by atoms with Gasteiger partial charge in [-0.25, -0.2) is 0 Å². The van der Waals surface area contributed by atoms with Crippen LogP contribution in [-0.2, 0) is 13.1 Å². The van der Waals surface area contributed by atoms with Gasteiger partial charge >= 0.3 is 0 Å². The molecule has 2 aliphatic heterocycles. The van der Waals surface area contributed by atoms with E-state index in [1.54, 1.807) is 12.4 Å². The van der Waals surface area contributed by atoms with Crippen LogP contribution in [0.2, 0.25) is 0 Å². The number of benzene rings is 1. The van der Waals surface area contributed by atoms with Crippen molar-refractivity contribution in [2.75, 3.05) is 6.73 Å². The number of Topliss-reactive ketones (excluding diaryl/α,β-unsaturated/α-hetero) is 1. The van der Waals surface area contributed by atoms with Crippen LogP contribution in [0, 0.1) is 6.92 Å². The zero-order valence-electron chi connectivity index (χ0n) is 14.6. The third-order valence-electron chi connectivity index (χ3n) is 4.59. The average Bonchev–Trinajstić information content (AvgIpc) is 2.93. The maximum atomic E-state index is 12.6. The number of ether oxygens (including phenoxy) is 2. The van der Waals surface area contributed by atoms with E-state index in [0.29, 0.717) is 23.8 Å². The summed E-state index contributed by atoms with van der Waals surface area (Å²) in [6.07, 6.45) is 3.59. The number of ketones is 1. The molecule has 0 bridgehead atoms.